The Hall–Kier alpha value is 0.270. The molecule has 0 amide bonds. The molecule has 0 saturated heterocycles. The van der Waals surface area contributed by atoms with Gasteiger partial charge in [-0.25, -0.2) is 0 Å². The summed E-state index contributed by atoms with van der Waals surface area (Å²) in [7, 11) is 0. The summed E-state index contributed by atoms with van der Waals surface area (Å²) in [5.41, 5.74) is 0. The van der Waals surface area contributed by atoms with Crippen LogP contribution >= 0.6 is 36.0 Å². The summed E-state index contributed by atoms with van der Waals surface area (Å²) in [5, 5.41) is 0.472. The Balaban J connectivity index is 2.15. The Morgan fingerprint density at radius 2 is 2.33 bits per heavy atom. The average Bonchev–Trinajstić information content (AvgIpc) is 2.45. The largest absolute Gasteiger partial charge is 0.449 e. The van der Waals surface area contributed by atoms with Crippen LogP contribution in [0.25, 0.3) is 0 Å². The first-order chi connectivity index (χ1) is 5.83. The third kappa shape index (κ3) is 3.78. The molecule has 0 unspecified atom stereocenters. The maximum Gasteiger partial charge on any atom is 0.193 e. The maximum atomic E-state index is 5.61. The van der Waals surface area contributed by atoms with E-state index in [9.17, 15) is 0 Å². The molecule has 0 aliphatic carbocycles. The van der Waals surface area contributed by atoms with Crippen molar-refractivity contribution in [2.24, 2.45) is 0 Å². The molecular weight excluding hydrogens is 212 g/mol. The predicted octanol–water partition coefficient (Wildman–Crippen LogP) is 3.49. The molecule has 4 heteroatoms. The van der Waals surface area contributed by atoms with Crippen LogP contribution in [0, 0.1) is 0 Å². The van der Waals surface area contributed by atoms with Crippen molar-refractivity contribution in [1.29, 1.82) is 0 Å². The fraction of sp³-hybridized carbons (Fsp3) is 0.500. The molecule has 0 N–H and O–H groups in total. The Labute approximate surface area is 87.3 Å². The normalized spacial score (nSPS) is 10.5. The van der Waals surface area contributed by atoms with Crippen molar-refractivity contribution < 1.29 is 4.42 Å². The van der Waals surface area contributed by atoms with E-state index in [-0.39, 0.29) is 0 Å². The van der Waals surface area contributed by atoms with Gasteiger partial charge in [0.05, 0.1) is 5.75 Å². The van der Waals surface area contributed by atoms with E-state index in [1.807, 2.05) is 17.8 Å². The van der Waals surface area contributed by atoms with Crippen LogP contribution in [0.15, 0.2) is 16.5 Å². The van der Waals surface area contributed by atoms with Crippen LogP contribution in [0.4, 0.5) is 0 Å². The third-order valence-corrected chi connectivity index (χ3v) is 2.91. The second-order valence-corrected chi connectivity index (χ2v) is 4.26. The van der Waals surface area contributed by atoms with E-state index in [4.69, 9.17) is 16.0 Å². The lowest BCUT2D eigenvalue weighted by molar-refractivity contribution is 0.532. The van der Waals surface area contributed by atoms with Crippen molar-refractivity contribution >= 4 is 36.0 Å². The molecule has 0 atom stereocenters. The molecule has 1 aromatic heterocycles. The van der Waals surface area contributed by atoms with Crippen molar-refractivity contribution in [2.75, 3.05) is 11.5 Å². The van der Waals surface area contributed by atoms with Gasteiger partial charge in [-0.05, 0) is 41.7 Å². The van der Waals surface area contributed by atoms with Crippen LogP contribution < -0.4 is 0 Å². The molecule has 0 radical (unpaired) electrons. The molecular formula is C8H11ClOS2. The average molecular weight is 223 g/mol. The van der Waals surface area contributed by atoms with Crippen LogP contribution in [-0.2, 0) is 5.75 Å². The third-order valence-electron chi connectivity index (χ3n) is 1.32. The molecule has 0 aliphatic rings. The highest BCUT2D eigenvalue weighted by Gasteiger charge is 1.98. The van der Waals surface area contributed by atoms with Crippen molar-refractivity contribution in [3.05, 3.63) is 23.1 Å². The number of thiol groups is 1. The second kappa shape index (κ2) is 5.84. The van der Waals surface area contributed by atoms with Gasteiger partial charge in [0.15, 0.2) is 5.22 Å². The number of halogens is 1. The Morgan fingerprint density at radius 1 is 1.50 bits per heavy atom. The highest BCUT2D eigenvalue weighted by Crippen LogP contribution is 2.18. The number of hydrogen-bond acceptors (Lipinski definition) is 3. The van der Waals surface area contributed by atoms with Crippen LogP contribution in [0.1, 0.15) is 12.2 Å². The fourth-order valence-corrected chi connectivity index (χ4v) is 2.15. The summed E-state index contributed by atoms with van der Waals surface area (Å²) >= 11 is 11.6. The van der Waals surface area contributed by atoms with Crippen molar-refractivity contribution in [3.63, 3.8) is 0 Å². The van der Waals surface area contributed by atoms with E-state index in [1.165, 1.54) is 0 Å². The second-order valence-electron chi connectivity index (χ2n) is 2.34. The van der Waals surface area contributed by atoms with Gasteiger partial charge in [0.25, 0.3) is 0 Å². The van der Waals surface area contributed by atoms with Crippen LogP contribution in [0.3, 0.4) is 0 Å². The molecule has 0 spiro atoms. The van der Waals surface area contributed by atoms with E-state index in [2.05, 4.69) is 12.6 Å². The molecule has 0 fully saturated rings. The SMILES string of the molecule is SCCCSCc1ccc(Cl)o1. The Morgan fingerprint density at radius 3 is 2.92 bits per heavy atom. The summed E-state index contributed by atoms with van der Waals surface area (Å²) in [6, 6.07) is 3.69. The molecule has 0 aliphatic heterocycles. The van der Waals surface area contributed by atoms with E-state index in [1.54, 1.807) is 6.07 Å². The summed E-state index contributed by atoms with van der Waals surface area (Å²) < 4.78 is 5.19. The maximum absolute atomic E-state index is 5.61. The van der Waals surface area contributed by atoms with E-state index >= 15 is 0 Å². The summed E-state index contributed by atoms with van der Waals surface area (Å²) in [6.45, 7) is 0. The molecule has 1 heterocycles. The van der Waals surface area contributed by atoms with Gasteiger partial charge in [-0.2, -0.15) is 24.4 Å². The molecule has 1 aromatic rings. The molecule has 0 bridgehead atoms. The number of thioether (sulfide) groups is 1. The zero-order valence-corrected chi connectivity index (χ0v) is 9.09. The lowest BCUT2D eigenvalue weighted by Gasteiger charge is -1.95. The highest BCUT2D eigenvalue weighted by molar-refractivity contribution is 7.98. The molecule has 0 aromatic carbocycles. The summed E-state index contributed by atoms with van der Waals surface area (Å²) in [5.74, 6) is 3.93. The number of hydrogen-bond donors (Lipinski definition) is 1. The summed E-state index contributed by atoms with van der Waals surface area (Å²) in [6.07, 6.45) is 1.14. The minimum absolute atomic E-state index is 0.472. The standard InChI is InChI=1S/C8H11ClOS2/c9-8-3-2-7(10-8)6-12-5-1-4-11/h2-3,11H,1,4-6H2. The first-order valence-electron chi connectivity index (χ1n) is 3.76. The number of rotatable bonds is 5. The summed E-state index contributed by atoms with van der Waals surface area (Å²) in [4.78, 5) is 0. The van der Waals surface area contributed by atoms with Gasteiger partial charge >= 0.3 is 0 Å². The van der Waals surface area contributed by atoms with Crippen molar-refractivity contribution in [3.8, 4) is 0 Å². The van der Waals surface area contributed by atoms with Crippen molar-refractivity contribution in [2.45, 2.75) is 12.2 Å². The zero-order chi connectivity index (χ0) is 8.81. The van der Waals surface area contributed by atoms with Gasteiger partial charge in [-0.1, -0.05) is 0 Å². The van der Waals surface area contributed by atoms with E-state index in [0.717, 1.165) is 29.4 Å². The quantitative estimate of drug-likeness (QED) is 0.605. The smallest absolute Gasteiger partial charge is 0.193 e. The van der Waals surface area contributed by atoms with Gasteiger partial charge in [0.1, 0.15) is 5.76 Å². The molecule has 0 saturated carbocycles. The molecule has 1 nitrogen and oxygen atoms in total. The molecule has 68 valence electrons. The predicted molar refractivity (Wildman–Crippen MR) is 58.4 cm³/mol. The van der Waals surface area contributed by atoms with Gasteiger partial charge < -0.3 is 4.42 Å². The van der Waals surface area contributed by atoms with E-state index in [0.29, 0.717) is 5.22 Å². The first-order valence-corrected chi connectivity index (χ1v) is 5.92. The number of furan rings is 1. The van der Waals surface area contributed by atoms with E-state index < -0.39 is 0 Å². The van der Waals surface area contributed by atoms with Gasteiger partial charge in [0, 0.05) is 0 Å². The molecule has 1 rings (SSSR count). The van der Waals surface area contributed by atoms with Gasteiger partial charge in [-0.3, -0.25) is 0 Å². The lowest BCUT2D eigenvalue weighted by Crippen LogP contribution is -1.82. The Kier molecular flexibility index (Phi) is 5.04. The van der Waals surface area contributed by atoms with Crippen LogP contribution in [-0.4, -0.2) is 11.5 Å². The van der Waals surface area contributed by atoms with Gasteiger partial charge in [0.2, 0.25) is 0 Å². The fourth-order valence-electron chi connectivity index (χ4n) is 0.769. The minimum Gasteiger partial charge on any atom is -0.449 e. The monoisotopic (exact) mass is 222 g/mol. The lowest BCUT2D eigenvalue weighted by atomic mass is 10.5. The van der Waals surface area contributed by atoms with Crippen molar-refractivity contribution in [1.82, 2.24) is 0 Å². The van der Waals surface area contributed by atoms with Crippen LogP contribution in [0.2, 0.25) is 5.22 Å². The highest BCUT2D eigenvalue weighted by atomic mass is 35.5. The first kappa shape index (κ1) is 10.4. The molecule has 12 heavy (non-hydrogen) atoms. The topological polar surface area (TPSA) is 13.1 Å². The zero-order valence-electron chi connectivity index (χ0n) is 6.62. The van der Waals surface area contributed by atoms with Crippen LogP contribution in [0.5, 0.6) is 0 Å². The minimum atomic E-state index is 0.472. The Bertz CT molecular complexity index is 225. The van der Waals surface area contributed by atoms with Gasteiger partial charge in [-0.15, -0.1) is 0 Å².